The van der Waals surface area contributed by atoms with Crippen LogP contribution in [0, 0.1) is 0 Å². The summed E-state index contributed by atoms with van der Waals surface area (Å²) in [5.41, 5.74) is 0.533. The van der Waals surface area contributed by atoms with Crippen molar-refractivity contribution in [2.45, 2.75) is 83.6 Å². The van der Waals surface area contributed by atoms with Crippen LogP contribution in [0.25, 0.3) is 0 Å². The maximum atomic E-state index is 13.3. The number of aliphatic hydroxyl groups is 1. The second kappa shape index (κ2) is 15.2. The van der Waals surface area contributed by atoms with Crippen LogP contribution in [0.1, 0.15) is 40.2 Å². The predicted molar refractivity (Wildman–Crippen MR) is 138 cm³/mol. The third-order valence-electron chi connectivity index (χ3n) is 5.92. The van der Waals surface area contributed by atoms with E-state index in [1.54, 1.807) is 30.3 Å². The van der Waals surface area contributed by atoms with Gasteiger partial charge in [-0.1, -0.05) is 30.3 Å². The van der Waals surface area contributed by atoms with Gasteiger partial charge in [0.25, 0.3) is 0 Å². The number of methoxy groups -OCH3 is 1. The number of hydrogen-bond acceptors (Lipinski definition) is 14. The van der Waals surface area contributed by atoms with Crippen LogP contribution < -0.4 is 5.32 Å². The van der Waals surface area contributed by atoms with E-state index in [0.29, 0.717) is 5.56 Å². The fourth-order valence-electron chi connectivity index (χ4n) is 4.35. The Balaban J connectivity index is 2.78. The van der Waals surface area contributed by atoms with Crippen LogP contribution in [0.3, 0.4) is 0 Å². The quantitative estimate of drug-likeness (QED) is 0.235. The largest absolute Gasteiger partial charge is 0.465 e. The molecule has 0 aromatic heterocycles. The molecule has 7 atom stereocenters. The van der Waals surface area contributed by atoms with Crippen molar-refractivity contribution in [3.63, 3.8) is 0 Å². The molecule has 1 aromatic rings. The van der Waals surface area contributed by atoms with Gasteiger partial charge in [0.05, 0.1) is 19.8 Å². The van der Waals surface area contributed by atoms with Crippen molar-refractivity contribution < 1.29 is 67.0 Å². The second-order valence-electron chi connectivity index (χ2n) is 9.29. The van der Waals surface area contributed by atoms with Crippen molar-refractivity contribution in [2.24, 2.45) is 0 Å². The van der Waals surface area contributed by atoms with Crippen molar-refractivity contribution >= 4 is 35.8 Å². The summed E-state index contributed by atoms with van der Waals surface area (Å²) in [5.74, 6) is -8.26. The van der Waals surface area contributed by atoms with E-state index >= 15 is 0 Å². The smallest absolute Gasteiger partial charge is 0.369 e. The molecule has 0 saturated carbocycles. The first-order valence-electron chi connectivity index (χ1n) is 12.8. The molecule has 1 aromatic carbocycles. The molecule has 1 aliphatic heterocycles. The highest BCUT2D eigenvalue weighted by atomic mass is 16.8. The van der Waals surface area contributed by atoms with Gasteiger partial charge < -0.3 is 43.6 Å². The number of amides is 1. The lowest BCUT2D eigenvalue weighted by Gasteiger charge is -2.50. The fourth-order valence-corrected chi connectivity index (χ4v) is 4.35. The van der Waals surface area contributed by atoms with Crippen LogP contribution in [-0.4, -0.2) is 96.9 Å². The molecule has 0 bridgehead atoms. The number of esters is 5. The molecule has 1 amide bonds. The molecule has 0 aliphatic carbocycles. The van der Waals surface area contributed by atoms with Gasteiger partial charge in [-0.2, -0.15) is 0 Å². The topological polar surface area (TPSA) is 199 Å². The lowest BCUT2D eigenvalue weighted by Crippen LogP contribution is -2.75. The summed E-state index contributed by atoms with van der Waals surface area (Å²) in [6, 6.07) is 6.87. The lowest BCUT2D eigenvalue weighted by molar-refractivity contribution is -0.352. The van der Waals surface area contributed by atoms with E-state index in [4.69, 9.17) is 33.2 Å². The van der Waals surface area contributed by atoms with Gasteiger partial charge in [0.1, 0.15) is 12.7 Å². The van der Waals surface area contributed by atoms with Crippen molar-refractivity contribution in [2.75, 3.05) is 13.7 Å². The van der Waals surface area contributed by atoms with Gasteiger partial charge in [-0.05, 0) is 5.56 Å². The number of aliphatic hydroxyl groups excluding tert-OH is 1. The van der Waals surface area contributed by atoms with Crippen LogP contribution in [0.2, 0.25) is 0 Å². The molecule has 0 unspecified atom stereocenters. The van der Waals surface area contributed by atoms with E-state index in [0.717, 1.165) is 41.7 Å². The van der Waals surface area contributed by atoms with Crippen LogP contribution in [-0.2, 0) is 68.5 Å². The Bertz CT molecular complexity index is 1140. The minimum absolute atomic E-state index is 0.337. The Hall–Kier alpha value is -4.08. The van der Waals surface area contributed by atoms with Crippen LogP contribution >= 0.6 is 0 Å². The molecule has 1 fully saturated rings. The molecular formula is C27H35NO14. The first-order valence-corrected chi connectivity index (χ1v) is 12.8. The molecule has 15 heteroatoms. The van der Waals surface area contributed by atoms with Gasteiger partial charge in [0.2, 0.25) is 5.91 Å². The van der Waals surface area contributed by atoms with E-state index in [-0.39, 0.29) is 6.61 Å². The first kappa shape index (κ1) is 34.1. The summed E-state index contributed by atoms with van der Waals surface area (Å²) >= 11 is 0. The molecule has 1 saturated heterocycles. The zero-order valence-electron chi connectivity index (χ0n) is 24.0. The van der Waals surface area contributed by atoms with E-state index in [2.05, 4.69) is 5.32 Å². The average Bonchev–Trinajstić information content (AvgIpc) is 2.91. The fraction of sp³-hybridized carbons (Fsp3) is 0.556. The molecule has 1 aliphatic rings. The van der Waals surface area contributed by atoms with Crippen LogP contribution in [0.4, 0.5) is 0 Å². The molecule has 2 rings (SSSR count). The van der Waals surface area contributed by atoms with Gasteiger partial charge in [-0.25, -0.2) is 4.79 Å². The normalized spacial score (nSPS) is 24.7. The predicted octanol–water partition coefficient (Wildman–Crippen LogP) is -0.305. The summed E-state index contributed by atoms with van der Waals surface area (Å²) in [4.78, 5) is 73.7. The first-order chi connectivity index (χ1) is 19.7. The lowest BCUT2D eigenvalue weighted by atomic mass is 9.86. The SMILES string of the molecule is COC(=O)[C@]1(OCc2ccccc2)O[C@@H]([C@H](OC(C)=O)[C@@H](COC(C)=O)OC(C)=O)[C@H](NC(C)=O)[C@@H](OC(C)=O)[C@@H]1O. The Labute approximate surface area is 241 Å². The third-order valence-corrected chi connectivity index (χ3v) is 5.92. The Morgan fingerprint density at radius 3 is 2.05 bits per heavy atom. The molecule has 1 heterocycles. The standard InChI is InChI=1S/C27H35NO14/c1-14(29)28-21-23(22(40-17(4)32)20(39-16(3)31)13-37-15(2)30)42-27(26(35)36-6,25(34)24(21)41-18(5)33)38-12-19-10-8-7-9-11-19/h7-11,20-25,34H,12-13H2,1-6H3,(H,28,29)/t20-,21+,22-,23-,24-,25+,27-/m1/s1. The molecule has 2 N–H and O–H groups in total. The van der Waals surface area contributed by atoms with Gasteiger partial charge in [-0.3, -0.25) is 24.0 Å². The summed E-state index contributed by atoms with van der Waals surface area (Å²) < 4.78 is 37.9. The maximum absolute atomic E-state index is 13.3. The van der Waals surface area contributed by atoms with Gasteiger partial charge in [-0.15, -0.1) is 0 Å². The van der Waals surface area contributed by atoms with Gasteiger partial charge >= 0.3 is 35.6 Å². The Morgan fingerprint density at radius 2 is 1.55 bits per heavy atom. The minimum Gasteiger partial charge on any atom is -0.465 e. The highest BCUT2D eigenvalue weighted by molar-refractivity contribution is 5.80. The summed E-state index contributed by atoms with van der Waals surface area (Å²) in [6.45, 7) is 4.25. The Kier molecular flexibility index (Phi) is 12.4. The monoisotopic (exact) mass is 597 g/mol. The van der Waals surface area contributed by atoms with Gasteiger partial charge in [0, 0.05) is 34.6 Å². The number of benzene rings is 1. The molecular weight excluding hydrogens is 562 g/mol. The van der Waals surface area contributed by atoms with Crippen molar-refractivity contribution in [1.29, 1.82) is 0 Å². The zero-order valence-corrected chi connectivity index (χ0v) is 24.0. The van der Waals surface area contributed by atoms with Gasteiger partial charge in [0.15, 0.2) is 24.4 Å². The molecule has 0 spiro atoms. The summed E-state index contributed by atoms with van der Waals surface area (Å²) in [6.07, 6.45) is -8.96. The van der Waals surface area contributed by atoms with E-state index < -0.39 is 84.7 Å². The molecule has 42 heavy (non-hydrogen) atoms. The van der Waals surface area contributed by atoms with E-state index in [9.17, 15) is 33.9 Å². The molecule has 15 nitrogen and oxygen atoms in total. The minimum atomic E-state index is -2.75. The Morgan fingerprint density at radius 1 is 0.929 bits per heavy atom. The summed E-state index contributed by atoms with van der Waals surface area (Å²) in [5, 5.41) is 14.0. The number of rotatable bonds is 12. The van der Waals surface area contributed by atoms with Crippen LogP contribution in [0.15, 0.2) is 30.3 Å². The highest BCUT2D eigenvalue weighted by Crippen LogP contribution is 2.38. The number of carbonyl (C=O) groups is 6. The molecule has 0 radical (unpaired) electrons. The molecule has 232 valence electrons. The van der Waals surface area contributed by atoms with Crippen molar-refractivity contribution in [3.8, 4) is 0 Å². The maximum Gasteiger partial charge on any atom is 0.369 e. The number of nitrogens with one attached hydrogen (secondary N) is 1. The van der Waals surface area contributed by atoms with Crippen molar-refractivity contribution in [1.82, 2.24) is 5.32 Å². The van der Waals surface area contributed by atoms with Crippen LogP contribution in [0.5, 0.6) is 0 Å². The highest BCUT2D eigenvalue weighted by Gasteiger charge is 2.65. The third kappa shape index (κ3) is 8.96. The van der Waals surface area contributed by atoms with E-state index in [1.807, 2.05) is 0 Å². The summed E-state index contributed by atoms with van der Waals surface area (Å²) in [7, 11) is 0.980. The second-order valence-corrected chi connectivity index (χ2v) is 9.29. The van der Waals surface area contributed by atoms with Crippen molar-refractivity contribution in [3.05, 3.63) is 35.9 Å². The number of carbonyl (C=O) groups excluding carboxylic acids is 6. The van der Waals surface area contributed by atoms with E-state index in [1.165, 1.54) is 0 Å². The number of hydrogen-bond donors (Lipinski definition) is 2. The number of ether oxygens (including phenoxy) is 7. The zero-order chi connectivity index (χ0) is 31.6. The average molecular weight is 598 g/mol.